The van der Waals surface area contributed by atoms with Crippen molar-refractivity contribution in [3.05, 3.63) is 52.9 Å². The van der Waals surface area contributed by atoms with Crippen LogP contribution in [0.1, 0.15) is 11.3 Å². The molecule has 0 amide bonds. The molecule has 0 aliphatic carbocycles. The fourth-order valence-electron chi connectivity index (χ4n) is 1.59. The smallest absolute Gasteiger partial charge is 0.213 e. The van der Waals surface area contributed by atoms with E-state index in [1.165, 1.54) is 0 Å². The zero-order valence-electron chi connectivity index (χ0n) is 9.97. The third-order valence-electron chi connectivity index (χ3n) is 2.42. The first-order valence-corrected chi connectivity index (χ1v) is 7.59. The SMILES string of the molecule is NS(=O)(=O)Cc1ccc(NCc2ccc(Cl)o2)cc1. The van der Waals surface area contributed by atoms with E-state index in [0.29, 0.717) is 17.3 Å². The van der Waals surface area contributed by atoms with Crippen molar-refractivity contribution in [2.75, 3.05) is 5.32 Å². The highest BCUT2D eigenvalue weighted by Crippen LogP contribution is 2.16. The van der Waals surface area contributed by atoms with E-state index in [4.69, 9.17) is 21.2 Å². The van der Waals surface area contributed by atoms with Gasteiger partial charge >= 0.3 is 0 Å². The van der Waals surface area contributed by atoms with Crippen molar-refractivity contribution in [1.29, 1.82) is 0 Å². The molecule has 0 radical (unpaired) electrons. The largest absolute Gasteiger partial charge is 0.448 e. The zero-order chi connectivity index (χ0) is 13.9. The predicted molar refractivity (Wildman–Crippen MR) is 74.3 cm³/mol. The minimum Gasteiger partial charge on any atom is -0.448 e. The maximum absolute atomic E-state index is 10.9. The summed E-state index contributed by atoms with van der Waals surface area (Å²) >= 11 is 5.66. The lowest BCUT2D eigenvalue weighted by Crippen LogP contribution is -2.14. The Morgan fingerprint density at radius 3 is 2.37 bits per heavy atom. The summed E-state index contributed by atoms with van der Waals surface area (Å²) in [5, 5.41) is 8.45. The summed E-state index contributed by atoms with van der Waals surface area (Å²) in [7, 11) is -3.49. The van der Waals surface area contributed by atoms with Gasteiger partial charge in [0.2, 0.25) is 10.0 Å². The van der Waals surface area contributed by atoms with E-state index in [-0.39, 0.29) is 5.75 Å². The molecule has 7 heteroatoms. The monoisotopic (exact) mass is 300 g/mol. The van der Waals surface area contributed by atoms with E-state index in [1.807, 2.05) is 0 Å². The Kier molecular flexibility index (Phi) is 4.14. The number of nitrogens with two attached hydrogens (primary N) is 1. The molecule has 0 atom stereocenters. The molecule has 0 saturated carbocycles. The van der Waals surface area contributed by atoms with Gasteiger partial charge in [0, 0.05) is 5.69 Å². The molecular formula is C12H13ClN2O3S. The van der Waals surface area contributed by atoms with Crippen LogP contribution in [0.4, 0.5) is 5.69 Å². The van der Waals surface area contributed by atoms with Crippen molar-refractivity contribution in [2.45, 2.75) is 12.3 Å². The highest BCUT2D eigenvalue weighted by Gasteiger charge is 2.05. The molecule has 5 nitrogen and oxygen atoms in total. The van der Waals surface area contributed by atoms with Gasteiger partial charge in [-0.2, -0.15) is 0 Å². The molecule has 0 spiro atoms. The number of furan rings is 1. The number of nitrogens with one attached hydrogen (secondary N) is 1. The molecule has 19 heavy (non-hydrogen) atoms. The van der Waals surface area contributed by atoms with Crippen LogP contribution in [0.3, 0.4) is 0 Å². The molecule has 1 heterocycles. The number of sulfonamides is 1. The van der Waals surface area contributed by atoms with Crippen LogP contribution in [-0.4, -0.2) is 8.42 Å². The molecule has 0 unspecified atom stereocenters. The van der Waals surface area contributed by atoms with Crippen LogP contribution >= 0.6 is 11.6 Å². The summed E-state index contributed by atoms with van der Waals surface area (Å²) in [6.45, 7) is 0.501. The van der Waals surface area contributed by atoms with Crippen LogP contribution in [0, 0.1) is 0 Å². The highest BCUT2D eigenvalue weighted by atomic mass is 35.5. The Hall–Kier alpha value is -1.50. The lowest BCUT2D eigenvalue weighted by molar-refractivity contribution is 0.520. The van der Waals surface area contributed by atoms with E-state index in [9.17, 15) is 8.42 Å². The number of anilines is 1. The zero-order valence-corrected chi connectivity index (χ0v) is 11.5. The van der Waals surface area contributed by atoms with Gasteiger partial charge in [-0.3, -0.25) is 0 Å². The van der Waals surface area contributed by atoms with Gasteiger partial charge in [0.05, 0.1) is 12.3 Å². The summed E-state index contributed by atoms with van der Waals surface area (Å²) in [6, 6.07) is 10.4. The Morgan fingerprint density at radius 1 is 1.16 bits per heavy atom. The highest BCUT2D eigenvalue weighted by molar-refractivity contribution is 7.88. The molecule has 0 aliphatic heterocycles. The van der Waals surface area contributed by atoms with Gasteiger partial charge in [0.25, 0.3) is 0 Å². The van der Waals surface area contributed by atoms with Gasteiger partial charge in [-0.15, -0.1) is 0 Å². The molecule has 1 aromatic heterocycles. The van der Waals surface area contributed by atoms with E-state index in [1.54, 1.807) is 36.4 Å². The lowest BCUT2D eigenvalue weighted by Gasteiger charge is -2.05. The molecule has 2 rings (SSSR count). The molecule has 0 aliphatic rings. The predicted octanol–water partition coefficient (Wildman–Crippen LogP) is 2.33. The first-order chi connectivity index (χ1) is 8.92. The average molecular weight is 301 g/mol. The topological polar surface area (TPSA) is 85.3 Å². The van der Waals surface area contributed by atoms with Crippen LogP contribution in [-0.2, 0) is 22.3 Å². The molecular weight excluding hydrogens is 288 g/mol. The van der Waals surface area contributed by atoms with E-state index >= 15 is 0 Å². The molecule has 0 bridgehead atoms. The van der Waals surface area contributed by atoms with Crippen molar-refractivity contribution in [2.24, 2.45) is 5.14 Å². The minimum absolute atomic E-state index is 0.166. The lowest BCUT2D eigenvalue weighted by atomic mass is 10.2. The van der Waals surface area contributed by atoms with Gasteiger partial charge in [-0.1, -0.05) is 12.1 Å². The second-order valence-electron chi connectivity index (χ2n) is 4.06. The molecule has 2 aromatic rings. The number of benzene rings is 1. The van der Waals surface area contributed by atoms with Gasteiger partial charge in [0.1, 0.15) is 5.76 Å². The van der Waals surface area contributed by atoms with E-state index in [0.717, 1.165) is 11.4 Å². The average Bonchev–Trinajstić information content (AvgIpc) is 2.72. The number of primary sulfonamides is 1. The van der Waals surface area contributed by atoms with E-state index < -0.39 is 10.0 Å². The van der Waals surface area contributed by atoms with Gasteiger partial charge in [0.15, 0.2) is 5.22 Å². The number of hydrogen-bond donors (Lipinski definition) is 2. The standard InChI is InChI=1S/C12H13ClN2O3S/c13-12-6-5-11(18-12)7-15-10-3-1-9(2-4-10)8-19(14,16)17/h1-6,15H,7-8H2,(H2,14,16,17). The molecule has 0 fully saturated rings. The summed E-state index contributed by atoms with van der Waals surface area (Å²) in [5.41, 5.74) is 1.50. The van der Waals surface area contributed by atoms with Crippen molar-refractivity contribution in [1.82, 2.24) is 0 Å². The quantitative estimate of drug-likeness (QED) is 0.887. The number of rotatable bonds is 5. The van der Waals surface area contributed by atoms with Crippen LogP contribution in [0.25, 0.3) is 0 Å². The summed E-state index contributed by atoms with van der Waals surface area (Å²) in [5.74, 6) is 0.555. The Morgan fingerprint density at radius 2 is 1.84 bits per heavy atom. The second kappa shape index (κ2) is 5.64. The Bertz CT molecular complexity index is 650. The van der Waals surface area contributed by atoms with Crippen molar-refractivity contribution in [3.63, 3.8) is 0 Å². The van der Waals surface area contributed by atoms with Crippen LogP contribution in [0.2, 0.25) is 5.22 Å². The molecule has 0 saturated heterocycles. The van der Waals surface area contributed by atoms with Crippen LogP contribution in [0.5, 0.6) is 0 Å². The fourth-order valence-corrected chi connectivity index (χ4v) is 2.41. The summed E-state index contributed by atoms with van der Waals surface area (Å²) < 4.78 is 27.1. The van der Waals surface area contributed by atoms with Crippen molar-refractivity contribution >= 4 is 27.3 Å². The first kappa shape index (κ1) is 13.9. The van der Waals surface area contributed by atoms with Crippen LogP contribution in [0.15, 0.2) is 40.8 Å². The number of halogens is 1. The third-order valence-corrected chi connectivity index (χ3v) is 3.36. The number of hydrogen-bond acceptors (Lipinski definition) is 4. The Balaban J connectivity index is 1.95. The van der Waals surface area contributed by atoms with Gasteiger partial charge in [-0.25, -0.2) is 13.6 Å². The second-order valence-corrected chi connectivity index (χ2v) is 6.05. The fraction of sp³-hybridized carbons (Fsp3) is 0.167. The van der Waals surface area contributed by atoms with Crippen LogP contribution < -0.4 is 10.5 Å². The third kappa shape index (κ3) is 4.59. The van der Waals surface area contributed by atoms with Crippen molar-refractivity contribution in [3.8, 4) is 0 Å². The summed E-state index contributed by atoms with van der Waals surface area (Å²) in [6.07, 6.45) is 0. The maximum atomic E-state index is 10.9. The Labute approximate surface area is 116 Å². The van der Waals surface area contributed by atoms with Gasteiger partial charge in [-0.05, 0) is 41.4 Å². The summed E-state index contributed by atoms with van der Waals surface area (Å²) in [4.78, 5) is 0. The van der Waals surface area contributed by atoms with Gasteiger partial charge < -0.3 is 9.73 Å². The van der Waals surface area contributed by atoms with E-state index in [2.05, 4.69) is 5.32 Å². The normalized spacial score (nSPS) is 11.5. The minimum atomic E-state index is -3.49. The molecule has 3 N–H and O–H groups in total. The first-order valence-electron chi connectivity index (χ1n) is 5.50. The molecule has 102 valence electrons. The maximum Gasteiger partial charge on any atom is 0.213 e. The molecule has 1 aromatic carbocycles. The van der Waals surface area contributed by atoms with Crippen molar-refractivity contribution < 1.29 is 12.8 Å².